The Morgan fingerprint density at radius 1 is 1.15 bits per heavy atom. The van der Waals surface area contributed by atoms with Gasteiger partial charge in [0.2, 0.25) is 5.91 Å². The summed E-state index contributed by atoms with van der Waals surface area (Å²) >= 11 is 1.34. The largest absolute Gasteiger partial charge is 0.398 e. The van der Waals surface area contributed by atoms with Gasteiger partial charge in [0.25, 0.3) is 0 Å². The van der Waals surface area contributed by atoms with Gasteiger partial charge in [-0.3, -0.25) is 4.79 Å². The van der Waals surface area contributed by atoms with Gasteiger partial charge in [-0.05, 0) is 49.2 Å². The van der Waals surface area contributed by atoms with Gasteiger partial charge in [-0.1, -0.05) is 30.0 Å². The molecule has 0 fully saturated rings. The van der Waals surface area contributed by atoms with Crippen LogP contribution in [0.25, 0.3) is 11.4 Å². The van der Waals surface area contributed by atoms with Crippen molar-refractivity contribution in [1.82, 2.24) is 14.8 Å². The first-order valence-corrected chi connectivity index (χ1v) is 9.18. The number of nitrogens with zero attached hydrogens (tertiary/aromatic N) is 3. The Hall–Kier alpha value is -2.80. The van der Waals surface area contributed by atoms with E-state index in [0.29, 0.717) is 16.7 Å². The van der Waals surface area contributed by atoms with Gasteiger partial charge in [0.1, 0.15) is 0 Å². The third-order valence-electron chi connectivity index (χ3n) is 3.87. The number of aryl methyl sites for hydroxylation is 2. The number of nitrogens with one attached hydrogen (secondary N) is 1. The SMILES string of the molecule is Cc1cc(C)cc(NC(=O)CSc2nnc(-c3ccccc3N)n2C)c1. The van der Waals surface area contributed by atoms with Crippen LogP contribution < -0.4 is 11.1 Å². The number of para-hydroxylation sites is 1. The number of carbonyl (C=O) groups is 1. The normalized spacial score (nSPS) is 10.7. The van der Waals surface area contributed by atoms with Gasteiger partial charge < -0.3 is 15.6 Å². The van der Waals surface area contributed by atoms with Gasteiger partial charge in [-0.15, -0.1) is 10.2 Å². The van der Waals surface area contributed by atoms with Crippen molar-refractivity contribution in [2.75, 3.05) is 16.8 Å². The summed E-state index contributed by atoms with van der Waals surface area (Å²) in [6.07, 6.45) is 0. The van der Waals surface area contributed by atoms with Crippen molar-refractivity contribution in [3.8, 4) is 11.4 Å². The van der Waals surface area contributed by atoms with E-state index in [1.54, 1.807) is 0 Å². The number of carbonyl (C=O) groups excluding carboxylic acids is 1. The number of nitrogens with two attached hydrogens (primary N) is 1. The molecule has 0 aliphatic heterocycles. The fourth-order valence-corrected chi connectivity index (χ4v) is 3.46. The highest BCUT2D eigenvalue weighted by Gasteiger charge is 2.14. The third kappa shape index (κ3) is 4.05. The number of rotatable bonds is 5. The van der Waals surface area contributed by atoms with E-state index in [2.05, 4.69) is 21.6 Å². The molecule has 0 saturated carbocycles. The molecule has 0 spiro atoms. The molecule has 26 heavy (non-hydrogen) atoms. The molecule has 3 aromatic rings. The average molecular weight is 367 g/mol. The van der Waals surface area contributed by atoms with Crippen molar-refractivity contribution in [1.29, 1.82) is 0 Å². The Kier molecular flexibility index (Phi) is 5.27. The van der Waals surface area contributed by atoms with Crippen LogP contribution in [-0.4, -0.2) is 26.4 Å². The summed E-state index contributed by atoms with van der Waals surface area (Å²) in [5.74, 6) is 0.854. The minimum absolute atomic E-state index is 0.0798. The number of amides is 1. The predicted molar refractivity (Wildman–Crippen MR) is 106 cm³/mol. The fourth-order valence-electron chi connectivity index (χ4n) is 2.75. The predicted octanol–water partition coefficient (Wildman–Crippen LogP) is 3.41. The van der Waals surface area contributed by atoms with Crippen molar-refractivity contribution >= 4 is 29.0 Å². The maximum atomic E-state index is 12.2. The topological polar surface area (TPSA) is 85.8 Å². The molecule has 0 aliphatic rings. The standard InChI is InChI=1S/C19H21N5OS/c1-12-8-13(2)10-14(9-12)21-17(25)11-26-19-23-22-18(24(19)3)15-6-4-5-7-16(15)20/h4-10H,11,20H2,1-3H3,(H,21,25). The lowest BCUT2D eigenvalue weighted by Crippen LogP contribution is -2.14. The maximum Gasteiger partial charge on any atom is 0.234 e. The summed E-state index contributed by atoms with van der Waals surface area (Å²) in [6.45, 7) is 4.02. The molecule has 1 aromatic heterocycles. The van der Waals surface area contributed by atoms with Crippen LogP contribution >= 0.6 is 11.8 Å². The van der Waals surface area contributed by atoms with Gasteiger partial charge in [-0.25, -0.2) is 0 Å². The molecule has 0 aliphatic carbocycles. The Bertz CT molecular complexity index is 931. The maximum absolute atomic E-state index is 12.2. The van der Waals surface area contributed by atoms with E-state index in [-0.39, 0.29) is 11.7 Å². The number of nitrogen functional groups attached to an aromatic ring is 1. The van der Waals surface area contributed by atoms with Crippen LogP contribution in [0.4, 0.5) is 11.4 Å². The fraction of sp³-hybridized carbons (Fsp3) is 0.211. The summed E-state index contributed by atoms with van der Waals surface area (Å²) in [4.78, 5) is 12.2. The second kappa shape index (κ2) is 7.61. The van der Waals surface area contributed by atoms with Crippen LogP contribution in [0, 0.1) is 13.8 Å². The van der Waals surface area contributed by atoms with Gasteiger partial charge in [0.05, 0.1) is 5.75 Å². The lowest BCUT2D eigenvalue weighted by Gasteiger charge is -2.08. The van der Waals surface area contributed by atoms with Crippen LogP contribution in [0.15, 0.2) is 47.6 Å². The first-order valence-electron chi connectivity index (χ1n) is 8.19. The molecule has 3 N–H and O–H groups in total. The Morgan fingerprint density at radius 3 is 2.54 bits per heavy atom. The average Bonchev–Trinajstić information content (AvgIpc) is 2.93. The molecule has 0 radical (unpaired) electrons. The minimum atomic E-state index is -0.0798. The molecule has 0 saturated heterocycles. The molecule has 1 amide bonds. The number of anilines is 2. The molecule has 3 rings (SSSR count). The second-order valence-corrected chi connectivity index (χ2v) is 7.11. The van der Waals surface area contributed by atoms with Crippen LogP contribution in [0.5, 0.6) is 0 Å². The summed E-state index contributed by atoms with van der Waals surface area (Å²) in [5.41, 5.74) is 10.5. The van der Waals surface area contributed by atoms with Gasteiger partial charge >= 0.3 is 0 Å². The van der Waals surface area contributed by atoms with E-state index in [1.807, 2.05) is 61.9 Å². The second-order valence-electron chi connectivity index (χ2n) is 6.17. The summed E-state index contributed by atoms with van der Waals surface area (Å²) in [5, 5.41) is 12.0. The van der Waals surface area contributed by atoms with Crippen molar-refractivity contribution < 1.29 is 4.79 Å². The highest BCUT2D eigenvalue weighted by atomic mass is 32.2. The molecule has 7 heteroatoms. The van der Waals surface area contributed by atoms with Crippen LogP contribution in [0.3, 0.4) is 0 Å². The van der Waals surface area contributed by atoms with E-state index in [9.17, 15) is 4.79 Å². The van der Waals surface area contributed by atoms with Gasteiger partial charge in [0.15, 0.2) is 11.0 Å². The third-order valence-corrected chi connectivity index (χ3v) is 4.89. The zero-order valence-corrected chi connectivity index (χ0v) is 15.8. The molecule has 6 nitrogen and oxygen atoms in total. The minimum Gasteiger partial charge on any atom is -0.398 e. The van der Waals surface area contributed by atoms with Crippen molar-refractivity contribution in [2.45, 2.75) is 19.0 Å². The molecule has 2 aromatic carbocycles. The Labute approximate surface area is 156 Å². The molecule has 0 unspecified atom stereocenters. The van der Waals surface area contributed by atoms with E-state index >= 15 is 0 Å². The monoisotopic (exact) mass is 367 g/mol. The van der Waals surface area contributed by atoms with Crippen LogP contribution in [-0.2, 0) is 11.8 Å². The van der Waals surface area contributed by atoms with Crippen molar-refractivity contribution in [3.63, 3.8) is 0 Å². The number of benzene rings is 2. The zero-order valence-electron chi connectivity index (χ0n) is 15.0. The first-order chi connectivity index (χ1) is 12.4. The smallest absolute Gasteiger partial charge is 0.234 e. The zero-order chi connectivity index (χ0) is 18.7. The van der Waals surface area contributed by atoms with E-state index in [0.717, 1.165) is 22.4 Å². The quantitative estimate of drug-likeness (QED) is 0.533. The van der Waals surface area contributed by atoms with E-state index in [4.69, 9.17) is 5.73 Å². The Balaban J connectivity index is 1.67. The number of thioether (sulfide) groups is 1. The molecule has 1 heterocycles. The lowest BCUT2D eigenvalue weighted by molar-refractivity contribution is -0.113. The number of hydrogen-bond donors (Lipinski definition) is 2. The summed E-state index contributed by atoms with van der Waals surface area (Å²) in [7, 11) is 1.87. The molecule has 0 bridgehead atoms. The van der Waals surface area contributed by atoms with E-state index in [1.165, 1.54) is 11.8 Å². The number of aromatic nitrogens is 3. The highest BCUT2D eigenvalue weighted by Crippen LogP contribution is 2.26. The summed E-state index contributed by atoms with van der Waals surface area (Å²) < 4.78 is 1.85. The van der Waals surface area contributed by atoms with Crippen molar-refractivity contribution in [3.05, 3.63) is 53.6 Å². The van der Waals surface area contributed by atoms with Crippen LogP contribution in [0.2, 0.25) is 0 Å². The van der Waals surface area contributed by atoms with Crippen LogP contribution in [0.1, 0.15) is 11.1 Å². The summed E-state index contributed by atoms with van der Waals surface area (Å²) in [6, 6.07) is 13.5. The molecule has 0 atom stereocenters. The molecular formula is C19H21N5OS. The van der Waals surface area contributed by atoms with Gasteiger partial charge in [-0.2, -0.15) is 0 Å². The van der Waals surface area contributed by atoms with Crippen molar-refractivity contribution in [2.24, 2.45) is 7.05 Å². The Morgan fingerprint density at radius 2 is 1.85 bits per heavy atom. The number of hydrogen-bond acceptors (Lipinski definition) is 5. The highest BCUT2D eigenvalue weighted by molar-refractivity contribution is 7.99. The first kappa shape index (κ1) is 18.0. The van der Waals surface area contributed by atoms with E-state index < -0.39 is 0 Å². The lowest BCUT2D eigenvalue weighted by atomic mass is 10.1. The van der Waals surface area contributed by atoms with Gasteiger partial charge in [0, 0.05) is 24.0 Å². The molecular weight excluding hydrogens is 346 g/mol. The molecule has 134 valence electrons.